The number of anilines is 1. The van der Waals surface area contributed by atoms with E-state index in [1.54, 1.807) is 6.26 Å². The lowest BCUT2D eigenvalue weighted by Crippen LogP contribution is -2.36. The monoisotopic (exact) mass is 305 g/mol. The molecule has 0 bridgehead atoms. The Balaban J connectivity index is 1.66. The van der Waals surface area contributed by atoms with Crippen molar-refractivity contribution in [3.63, 3.8) is 0 Å². The number of fused-ring (bicyclic) bond motifs is 2. The maximum absolute atomic E-state index is 12.9. The molecule has 0 saturated heterocycles. The van der Waals surface area contributed by atoms with Crippen molar-refractivity contribution in [1.82, 2.24) is 0 Å². The van der Waals surface area contributed by atoms with Crippen molar-refractivity contribution >= 4 is 22.6 Å². The molecule has 0 N–H and O–H groups in total. The zero-order chi connectivity index (χ0) is 16.0. The fourth-order valence-electron chi connectivity index (χ4n) is 3.53. The third kappa shape index (κ3) is 2.33. The summed E-state index contributed by atoms with van der Waals surface area (Å²) in [5.41, 5.74) is 5.28. The van der Waals surface area contributed by atoms with Crippen LogP contribution in [0.25, 0.3) is 11.0 Å². The molecule has 0 aliphatic carbocycles. The predicted octanol–water partition coefficient (Wildman–Crippen LogP) is 4.26. The summed E-state index contributed by atoms with van der Waals surface area (Å²) < 4.78 is 5.59. The number of aryl methyl sites for hydroxylation is 1. The Labute approximate surface area is 135 Å². The average Bonchev–Trinajstić information content (AvgIpc) is 3.07. The number of amides is 1. The summed E-state index contributed by atoms with van der Waals surface area (Å²) in [7, 11) is 0. The van der Waals surface area contributed by atoms with E-state index in [4.69, 9.17) is 4.42 Å². The molecule has 3 aromatic rings. The van der Waals surface area contributed by atoms with Crippen molar-refractivity contribution in [3.8, 4) is 0 Å². The smallest absolute Gasteiger partial charge is 0.231 e. The summed E-state index contributed by atoms with van der Waals surface area (Å²) in [5.74, 6) is 0.131. The van der Waals surface area contributed by atoms with E-state index in [-0.39, 0.29) is 11.9 Å². The molecule has 23 heavy (non-hydrogen) atoms. The van der Waals surface area contributed by atoms with Gasteiger partial charge < -0.3 is 9.32 Å². The number of furan rings is 1. The van der Waals surface area contributed by atoms with Gasteiger partial charge in [0.15, 0.2) is 0 Å². The minimum atomic E-state index is 0.131. The second-order valence-corrected chi connectivity index (χ2v) is 6.38. The molecule has 1 aliphatic heterocycles. The Morgan fingerprint density at radius 1 is 1.26 bits per heavy atom. The molecule has 1 atom stereocenters. The molecule has 0 spiro atoms. The van der Waals surface area contributed by atoms with Crippen LogP contribution in [0.1, 0.15) is 23.6 Å². The van der Waals surface area contributed by atoms with Crippen LogP contribution >= 0.6 is 0 Å². The number of hydrogen-bond donors (Lipinski definition) is 0. The van der Waals surface area contributed by atoms with Gasteiger partial charge in [0.2, 0.25) is 5.91 Å². The third-order valence-corrected chi connectivity index (χ3v) is 4.63. The van der Waals surface area contributed by atoms with Crippen LogP contribution in [-0.2, 0) is 17.6 Å². The van der Waals surface area contributed by atoms with E-state index >= 15 is 0 Å². The summed E-state index contributed by atoms with van der Waals surface area (Å²) in [4.78, 5) is 14.8. The van der Waals surface area contributed by atoms with Gasteiger partial charge in [0, 0.05) is 22.7 Å². The Bertz CT molecular complexity index is 894. The van der Waals surface area contributed by atoms with Crippen molar-refractivity contribution < 1.29 is 9.21 Å². The summed E-state index contributed by atoms with van der Waals surface area (Å²) in [6.07, 6.45) is 3.01. The minimum Gasteiger partial charge on any atom is -0.464 e. The van der Waals surface area contributed by atoms with Crippen LogP contribution in [0.5, 0.6) is 0 Å². The van der Waals surface area contributed by atoms with E-state index in [9.17, 15) is 4.79 Å². The number of benzene rings is 2. The minimum absolute atomic E-state index is 0.131. The van der Waals surface area contributed by atoms with E-state index in [0.29, 0.717) is 6.42 Å². The molecule has 0 fully saturated rings. The SMILES string of the molecule is Cc1ccc2occ(CC(=O)N3c4ccccc4CC3C)c2c1. The molecule has 3 nitrogen and oxygen atoms in total. The van der Waals surface area contributed by atoms with Gasteiger partial charge in [0.05, 0.1) is 12.7 Å². The molecule has 0 radical (unpaired) electrons. The fourth-order valence-corrected chi connectivity index (χ4v) is 3.53. The van der Waals surface area contributed by atoms with Gasteiger partial charge in [-0.1, -0.05) is 29.8 Å². The predicted molar refractivity (Wildman–Crippen MR) is 91.7 cm³/mol. The van der Waals surface area contributed by atoms with Crippen LogP contribution in [-0.4, -0.2) is 11.9 Å². The first-order chi connectivity index (χ1) is 11.1. The van der Waals surface area contributed by atoms with Crippen LogP contribution in [0.3, 0.4) is 0 Å². The highest BCUT2D eigenvalue weighted by molar-refractivity contribution is 5.99. The Kier molecular flexibility index (Phi) is 3.22. The highest BCUT2D eigenvalue weighted by Crippen LogP contribution is 2.33. The number of nitrogens with zero attached hydrogens (tertiary/aromatic N) is 1. The standard InChI is InChI=1S/C20H19NO2/c1-13-7-8-19-17(9-13)16(12-23-19)11-20(22)21-14(2)10-15-5-3-4-6-18(15)21/h3-9,12,14H,10-11H2,1-2H3. The maximum atomic E-state index is 12.9. The van der Waals surface area contributed by atoms with E-state index in [2.05, 4.69) is 26.0 Å². The molecule has 3 heteroatoms. The van der Waals surface area contributed by atoms with Crippen LogP contribution in [0.4, 0.5) is 5.69 Å². The molecule has 116 valence electrons. The molecule has 1 aromatic heterocycles. The van der Waals surface area contributed by atoms with Crippen LogP contribution in [0, 0.1) is 6.92 Å². The molecule has 4 rings (SSSR count). The first kappa shape index (κ1) is 14.1. The normalized spacial score (nSPS) is 16.8. The number of carbonyl (C=O) groups excluding carboxylic acids is 1. The molecular weight excluding hydrogens is 286 g/mol. The molecule has 0 saturated carbocycles. The van der Waals surface area contributed by atoms with Gasteiger partial charge in [-0.15, -0.1) is 0 Å². The zero-order valence-corrected chi connectivity index (χ0v) is 13.4. The molecule has 2 heterocycles. The van der Waals surface area contributed by atoms with Crippen molar-refractivity contribution in [3.05, 3.63) is 65.4 Å². The maximum Gasteiger partial charge on any atom is 0.231 e. The lowest BCUT2D eigenvalue weighted by atomic mass is 10.1. The second-order valence-electron chi connectivity index (χ2n) is 6.38. The quantitative estimate of drug-likeness (QED) is 0.708. The highest BCUT2D eigenvalue weighted by Gasteiger charge is 2.30. The van der Waals surface area contributed by atoms with Crippen molar-refractivity contribution in [1.29, 1.82) is 0 Å². The molecule has 1 aliphatic rings. The van der Waals surface area contributed by atoms with Gasteiger partial charge >= 0.3 is 0 Å². The van der Waals surface area contributed by atoms with Gasteiger partial charge in [-0.2, -0.15) is 0 Å². The molecular formula is C20H19NO2. The van der Waals surface area contributed by atoms with Gasteiger partial charge in [-0.25, -0.2) is 0 Å². The Hall–Kier alpha value is -2.55. The van der Waals surface area contributed by atoms with Gasteiger partial charge in [0.25, 0.3) is 0 Å². The van der Waals surface area contributed by atoms with Crippen LogP contribution in [0.2, 0.25) is 0 Å². The van der Waals surface area contributed by atoms with Gasteiger partial charge in [-0.05, 0) is 44.0 Å². The summed E-state index contributed by atoms with van der Waals surface area (Å²) in [5, 5.41) is 1.04. The van der Waals surface area contributed by atoms with E-state index in [1.807, 2.05) is 35.2 Å². The fraction of sp³-hybridized carbons (Fsp3) is 0.250. The largest absolute Gasteiger partial charge is 0.464 e. The summed E-state index contributed by atoms with van der Waals surface area (Å²) in [6.45, 7) is 4.16. The number of hydrogen-bond acceptors (Lipinski definition) is 2. The molecule has 1 unspecified atom stereocenters. The second kappa shape index (κ2) is 5.27. The van der Waals surface area contributed by atoms with Crippen LogP contribution < -0.4 is 4.90 Å². The van der Waals surface area contributed by atoms with E-state index in [1.165, 1.54) is 11.1 Å². The summed E-state index contributed by atoms with van der Waals surface area (Å²) in [6, 6.07) is 14.5. The van der Waals surface area contributed by atoms with Gasteiger partial charge in [-0.3, -0.25) is 4.79 Å². The number of carbonyl (C=O) groups is 1. The average molecular weight is 305 g/mol. The zero-order valence-electron chi connectivity index (χ0n) is 13.4. The molecule has 2 aromatic carbocycles. The highest BCUT2D eigenvalue weighted by atomic mass is 16.3. The first-order valence-electron chi connectivity index (χ1n) is 8.00. The number of para-hydroxylation sites is 1. The Morgan fingerprint density at radius 2 is 2.09 bits per heavy atom. The van der Waals surface area contributed by atoms with Gasteiger partial charge in [0.1, 0.15) is 5.58 Å². The topological polar surface area (TPSA) is 33.5 Å². The van der Waals surface area contributed by atoms with E-state index < -0.39 is 0 Å². The lowest BCUT2D eigenvalue weighted by Gasteiger charge is -2.22. The lowest BCUT2D eigenvalue weighted by molar-refractivity contribution is -0.118. The first-order valence-corrected chi connectivity index (χ1v) is 8.00. The molecule has 1 amide bonds. The van der Waals surface area contributed by atoms with Crippen LogP contribution in [0.15, 0.2) is 53.1 Å². The number of rotatable bonds is 2. The summed E-state index contributed by atoms with van der Waals surface area (Å²) >= 11 is 0. The third-order valence-electron chi connectivity index (χ3n) is 4.63. The van der Waals surface area contributed by atoms with E-state index in [0.717, 1.165) is 28.6 Å². The Morgan fingerprint density at radius 3 is 2.96 bits per heavy atom. The van der Waals surface area contributed by atoms with Crippen molar-refractivity contribution in [2.24, 2.45) is 0 Å². The van der Waals surface area contributed by atoms with Crippen molar-refractivity contribution in [2.45, 2.75) is 32.7 Å². The van der Waals surface area contributed by atoms with Crippen molar-refractivity contribution in [2.75, 3.05) is 4.90 Å².